The van der Waals surface area contributed by atoms with Crippen molar-refractivity contribution in [2.75, 3.05) is 5.32 Å². The van der Waals surface area contributed by atoms with E-state index in [0.717, 1.165) is 0 Å². The molecule has 0 radical (unpaired) electrons. The molecule has 0 spiro atoms. The number of benzene rings is 2. The monoisotopic (exact) mass is 351 g/mol. The number of carboxylic acid groups (broad SMARTS) is 1. The molecule has 0 saturated carbocycles. The molecular weight excluding hydrogens is 341 g/mol. The Kier molecular flexibility index (Phi) is 4.37. The fourth-order valence-electron chi connectivity index (χ4n) is 1.85. The van der Waals surface area contributed by atoms with Gasteiger partial charge in [-0.3, -0.25) is 4.79 Å². The minimum Gasteiger partial charge on any atom is -0.478 e. The highest BCUT2D eigenvalue weighted by Gasteiger charge is 2.13. The number of nitrogens with one attached hydrogen (secondary N) is 1. The summed E-state index contributed by atoms with van der Waals surface area (Å²) in [7, 11) is 0. The summed E-state index contributed by atoms with van der Waals surface area (Å²) in [5.41, 5.74) is 0.988. The topological polar surface area (TPSA) is 66.4 Å². The van der Waals surface area contributed by atoms with Gasteiger partial charge in [0.15, 0.2) is 0 Å². The molecule has 0 saturated heterocycles. The number of aromatic carboxylic acids is 1. The Morgan fingerprint density at radius 3 is 2.38 bits per heavy atom. The van der Waals surface area contributed by atoms with Gasteiger partial charge in [-0.05, 0) is 48.9 Å². The second kappa shape index (κ2) is 6.05. The molecule has 1 amide bonds. The van der Waals surface area contributed by atoms with Gasteiger partial charge >= 0.3 is 5.97 Å². The number of carbonyl (C=O) groups is 2. The van der Waals surface area contributed by atoms with E-state index >= 15 is 0 Å². The maximum Gasteiger partial charge on any atom is 0.335 e. The van der Waals surface area contributed by atoms with Crippen LogP contribution in [0.4, 0.5) is 10.1 Å². The lowest BCUT2D eigenvalue weighted by atomic mass is 10.1. The number of carbonyl (C=O) groups excluding carboxylic acids is 1. The van der Waals surface area contributed by atoms with E-state index < -0.39 is 17.7 Å². The molecule has 6 heteroatoms. The van der Waals surface area contributed by atoms with E-state index in [2.05, 4.69) is 21.2 Å². The number of aryl methyl sites for hydroxylation is 1. The number of amides is 1. The van der Waals surface area contributed by atoms with Crippen molar-refractivity contribution >= 4 is 33.5 Å². The lowest BCUT2D eigenvalue weighted by Crippen LogP contribution is -2.14. The molecule has 0 atom stereocenters. The zero-order valence-corrected chi connectivity index (χ0v) is 12.6. The van der Waals surface area contributed by atoms with Gasteiger partial charge < -0.3 is 10.4 Å². The summed E-state index contributed by atoms with van der Waals surface area (Å²) in [5.74, 6) is -2.27. The minimum atomic E-state index is -1.04. The molecule has 0 heterocycles. The van der Waals surface area contributed by atoms with Crippen LogP contribution in [0.1, 0.15) is 26.3 Å². The van der Waals surface area contributed by atoms with Crippen LogP contribution < -0.4 is 5.32 Å². The molecule has 0 aliphatic rings. The van der Waals surface area contributed by atoms with E-state index in [-0.39, 0.29) is 11.1 Å². The Balaban J connectivity index is 2.23. The molecule has 108 valence electrons. The van der Waals surface area contributed by atoms with Crippen molar-refractivity contribution in [1.82, 2.24) is 0 Å². The van der Waals surface area contributed by atoms with Gasteiger partial charge in [-0.1, -0.05) is 15.9 Å². The Morgan fingerprint density at radius 2 is 1.81 bits per heavy atom. The number of carboxylic acids is 1. The van der Waals surface area contributed by atoms with Gasteiger partial charge in [-0.25, -0.2) is 9.18 Å². The van der Waals surface area contributed by atoms with E-state index in [4.69, 9.17) is 5.11 Å². The van der Waals surface area contributed by atoms with Crippen LogP contribution in [-0.4, -0.2) is 17.0 Å². The maximum absolute atomic E-state index is 13.7. The lowest BCUT2D eigenvalue weighted by molar-refractivity contribution is 0.0696. The summed E-state index contributed by atoms with van der Waals surface area (Å²) < 4.78 is 14.2. The van der Waals surface area contributed by atoms with Gasteiger partial charge in [-0.2, -0.15) is 0 Å². The van der Waals surface area contributed by atoms with Crippen LogP contribution in [0.5, 0.6) is 0 Å². The van der Waals surface area contributed by atoms with Crippen LogP contribution >= 0.6 is 15.9 Å². The van der Waals surface area contributed by atoms with E-state index in [1.54, 1.807) is 13.0 Å². The molecule has 2 aromatic rings. The van der Waals surface area contributed by atoms with Gasteiger partial charge in [0, 0.05) is 10.2 Å². The molecule has 0 unspecified atom stereocenters. The van der Waals surface area contributed by atoms with Crippen LogP contribution in [-0.2, 0) is 0 Å². The fraction of sp³-hybridized carbons (Fsp3) is 0.0667. The van der Waals surface area contributed by atoms with Gasteiger partial charge in [0.2, 0.25) is 0 Å². The third-order valence-corrected chi connectivity index (χ3v) is 3.38. The quantitative estimate of drug-likeness (QED) is 0.882. The molecular formula is C15H11BrFNO3. The third-order valence-electron chi connectivity index (χ3n) is 2.89. The standard InChI is InChI=1S/C15H11BrFNO3/c1-8-6-10(3-5-11(8)15(20)21)18-14(19)12-4-2-9(16)7-13(12)17/h2-7H,1H3,(H,18,19)(H,20,21). The molecule has 2 rings (SSSR count). The Labute approximate surface area is 128 Å². The summed E-state index contributed by atoms with van der Waals surface area (Å²) in [6, 6.07) is 8.52. The Hall–Kier alpha value is -2.21. The lowest BCUT2D eigenvalue weighted by Gasteiger charge is -2.08. The number of rotatable bonds is 3. The number of hydrogen-bond acceptors (Lipinski definition) is 2. The van der Waals surface area contributed by atoms with Crippen LogP contribution in [0.2, 0.25) is 0 Å². The summed E-state index contributed by atoms with van der Waals surface area (Å²) in [4.78, 5) is 22.9. The van der Waals surface area contributed by atoms with E-state index in [0.29, 0.717) is 15.7 Å². The minimum absolute atomic E-state index is 0.0850. The van der Waals surface area contributed by atoms with Crippen molar-refractivity contribution in [1.29, 1.82) is 0 Å². The summed E-state index contributed by atoms with van der Waals surface area (Å²) >= 11 is 3.12. The first-order valence-corrected chi connectivity index (χ1v) is 6.78. The van der Waals surface area contributed by atoms with Crippen LogP contribution in [0.15, 0.2) is 40.9 Å². The number of halogens is 2. The van der Waals surface area contributed by atoms with E-state index in [1.807, 2.05) is 0 Å². The summed E-state index contributed by atoms with van der Waals surface area (Å²) in [6.45, 7) is 1.62. The molecule has 0 fully saturated rings. The second-order valence-electron chi connectivity index (χ2n) is 4.41. The van der Waals surface area contributed by atoms with Gasteiger partial charge in [0.05, 0.1) is 11.1 Å². The molecule has 21 heavy (non-hydrogen) atoms. The van der Waals surface area contributed by atoms with E-state index in [1.165, 1.54) is 30.3 Å². The third kappa shape index (κ3) is 3.46. The fourth-order valence-corrected chi connectivity index (χ4v) is 2.19. The van der Waals surface area contributed by atoms with Gasteiger partial charge in [-0.15, -0.1) is 0 Å². The Morgan fingerprint density at radius 1 is 1.14 bits per heavy atom. The first-order chi connectivity index (χ1) is 9.88. The second-order valence-corrected chi connectivity index (χ2v) is 5.33. The molecule has 2 aromatic carbocycles. The highest BCUT2D eigenvalue weighted by molar-refractivity contribution is 9.10. The highest BCUT2D eigenvalue weighted by Crippen LogP contribution is 2.19. The SMILES string of the molecule is Cc1cc(NC(=O)c2ccc(Br)cc2F)ccc1C(=O)O. The number of hydrogen-bond donors (Lipinski definition) is 2. The first kappa shape index (κ1) is 15.2. The van der Waals surface area contributed by atoms with Crippen molar-refractivity contribution in [3.63, 3.8) is 0 Å². The van der Waals surface area contributed by atoms with Crippen molar-refractivity contribution in [2.45, 2.75) is 6.92 Å². The predicted molar refractivity (Wildman–Crippen MR) is 80.2 cm³/mol. The summed E-state index contributed by atoms with van der Waals surface area (Å²) in [6.07, 6.45) is 0. The van der Waals surface area contributed by atoms with Crippen LogP contribution in [0.3, 0.4) is 0 Å². The zero-order chi connectivity index (χ0) is 15.6. The van der Waals surface area contributed by atoms with Crippen molar-refractivity contribution in [2.24, 2.45) is 0 Å². The molecule has 0 aliphatic heterocycles. The summed E-state index contributed by atoms with van der Waals surface area (Å²) in [5, 5.41) is 11.5. The Bertz CT molecular complexity index is 731. The molecule has 0 aromatic heterocycles. The average Bonchev–Trinajstić information content (AvgIpc) is 2.37. The van der Waals surface area contributed by atoms with Crippen molar-refractivity contribution < 1.29 is 19.1 Å². The first-order valence-electron chi connectivity index (χ1n) is 5.99. The zero-order valence-electron chi connectivity index (χ0n) is 11.0. The average molecular weight is 352 g/mol. The molecule has 0 bridgehead atoms. The van der Waals surface area contributed by atoms with Crippen molar-refractivity contribution in [3.8, 4) is 0 Å². The normalized spacial score (nSPS) is 10.2. The largest absolute Gasteiger partial charge is 0.478 e. The number of anilines is 1. The van der Waals surface area contributed by atoms with Crippen LogP contribution in [0.25, 0.3) is 0 Å². The molecule has 2 N–H and O–H groups in total. The maximum atomic E-state index is 13.7. The predicted octanol–water partition coefficient (Wildman–Crippen LogP) is 3.85. The van der Waals surface area contributed by atoms with Gasteiger partial charge in [0.1, 0.15) is 5.82 Å². The highest BCUT2D eigenvalue weighted by atomic mass is 79.9. The van der Waals surface area contributed by atoms with Gasteiger partial charge in [0.25, 0.3) is 5.91 Å². The van der Waals surface area contributed by atoms with E-state index in [9.17, 15) is 14.0 Å². The molecule has 4 nitrogen and oxygen atoms in total. The van der Waals surface area contributed by atoms with Crippen molar-refractivity contribution in [3.05, 3.63) is 63.4 Å². The van der Waals surface area contributed by atoms with Crippen LogP contribution in [0, 0.1) is 12.7 Å². The smallest absolute Gasteiger partial charge is 0.335 e. The molecule has 0 aliphatic carbocycles.